The van der Waals surface area contributed by atoms with E-state index in [0.717, 1.165) is 18.2 Å². The molecule has 104 valence electrons. The molecule has 2 heterocycles. The minimum Gasteiger partial charge on any atom is -0.351 e. The van der Waals surface area contributed by atoms with E-state index < -0.39 is 16.1 Å². The van der Waals surface area contributed by atoms with Crippen LogP contribution < -0.4 is 5.32 Å². The molecule has 1 aromatic rings. The number of sulfonamides is 1. The maximum absolute atomic E-state index is 12.0. The van der Waals surface area contributed by atoms with Crippen LogP contribution in [0.15, 0.2) is 24.5 Å². The summed E-state index contributed by atoms with van der Waals surface area (Å²) in [5.41, 5.74) is 0.889. The standard InChI is InChI=1S/C12H17N3O3S/c1-19(17,18)15-7-3-5-11(15)12(16)14-9-10-4-2-6-13-8-10/h2,4,6,8,11H,3,5,7,9H2,1H3,(H,14,16)/t11-/m0/s1. The Morgan fingerprint density at radius 3 is 3.00 bits per heavy atom. The van der Waals surface area contributed by atoms with Gasteiger partial charge in [0.2, 0.25) is 15.9 Å². The number of carbonyl (C=O) groups excluding carboxylic acids is 1. The van der Waals surface area contributed by atoms with E-state index in [9.17, 15) is 13.2 Å². The van der Waals surface area contributed by atoms with Crippen molar-refractivity contribution in [3.63, 3.8) is 0 Å². The Balaban J connectivity index is 1.96. The Morgan fingerprint density at radius 1 is 1.58 bits per heavy atom. The number of carbonyl (C=O) groups is 1. The first-order valence-corrected chi connectivity index (χ1v) is 7.97. The van der Waals surface area contributed by atoms with Crippen LogP contribution in [0.25, 0.3) is 0 Å². The van der Waals surface area contributed by atoms with Gasteiger partial charge in [-0.15, -0.1) is 0 Å². The molecule has 1 amide bonds. The van der Waals surface area contributed by atoms with Crippen LogP contribution in [-0.2, 0) is 21.4 Å². The molecule has 0 aliphatic carbocycles. The molecule has 2 rings (SSSR count). The Labute approximate surface area is 112 Å². The van der Waals surface area contributed by atoms with E-state index >= 15 is 0 Å². The number of nitrogens with one attached hydrogen (secondary N) is 1. The first-order chi connectivity index (χ1) is 8.98. The third-order valence-electron chi connectivity index (χ3n) is 3.12. The van der Waals surface area contributed by atoms with Crippen molar-refractivity contribution in [3.8, 4) is 0 Å². The molecule has 19 heavy (non-hydrogen) atoms. The number of hydrogen-bond acceptors (Lipinski definition) is 4. The smallest absolute Gasteiger partial charge is 0.238 e. The summed E-state index contributed by atoms with van der Waals surface area (Å²) >= 11 is 0. The lowest BCUT2D eigenvalue weighted by Crippen LogP contribution is -2.45. The number of pyridine rings is 1. The molecule has 0 spiro atoms. The second-order valence-electron chi connectivity index (χ2n) is 4.61. The highest BCUT2D eigenvalue weighted by atomic mass is 32.2. The van der Waals surface area contributed by atoms with Gasteiger partial charge < -0.3 is 5.32 Å². The maximum Gasteiger partial charge on any atom is 0.238 e. The van der Waals surface area contributed by atoms with Crippen molar-refractivity contribution >= 4 is 15.9 Å². The van der Waals surface area contributed by atoms with Crippen LogP contribution in [0.1, 0.15) is 18.4 Å². The highest BCUT2D eigenvalue weighted by Gasteiger charge is 2.36. The normalized spacial score (nSPS) is 20.4. The molecule has 0 aromatic carbocycles. The summed E-state index contributed by atoms with van der Waals surface area (Å²) in [6.45, 7) is 0.782. The molecular weight excluding hydrogens is 266 g/mol. The molecule has 0 unspecified atom stereocenters. The fraction of sp³-hybridized carbons (Fsp3) is 0.500. The van der Waals surface area contributed by atoms with Crippen molar-refractivity contribution < 1.29 is 13.2 Å². The minimum atomic E-state index is -3.32. The summed E-state index contributed by atoms with van der Waals surface area (Å²) in [5.74, 6) is -0.244. The summed E-state index contributed by atoms with van der Waals surface area (Å²) in [7, 11) is -3.32. The molecule has 1 atom stereocenters. The predicted octanol–water partition coefficient (Wildman–Crippen LogP) is 0.122. The first-order valence-electron chi connectivity index (χ1n) is 6.12. The van der Waals surface area contributed by atoms with Crippen LogP contribution in [0.5, 0.6) is 0 Å². The number of amides is 1. The highest BCUT2D eigenvalue weighted by molar-refractivity contribution is 7.88. The zero-order valence-corrected chi connectivity index (χ0v) is 11.6. The van der Waals surface area contributed by atoms with Crippen LogP contribution in [0, 0.1) is 0 Å². The second kappa shape index (κ2) is 5.66. The molecule has 1 N–H and O–H groups in total. The van der Waals surface area contributed by atoms with Crippen molar-refractivity contribution in [2.75, 3.05) is 12.8 Å². The SMILES string of the molecule is CS(=O)(=O)N1CCC[C@H]1C(=O)NCc1cccnc1. The van der Waals surface area contributed by atoms with Crippen molar-refractivity contribution in [2.24, 2.45) is 0 Å². The summed E-state index contributed by atoms with van der Waals surface area (Å²) in [5, 5.41) is 2.76. The molecule has 6 nitrogen and oxygen atoms in total. The molecule has 0 bridgehead atoms. The zero-order chi connectivity index (χ0) is 13.9. The van der Waals surface area contributed by atoms with Gasteiger partial charge in [-0.2, -0.15) is 4.31 Å². The van der Waals surface area contributed by atoms with Crippen LogP contribution in [-0.4, -0.2) is 42.5 Å². The molecule has 0 saturated carbocycles. The number of rotatable bonds is 4. The van der Waals surface area contributed by atoms with Crippen LogP contribution in [0.2, 0.25) is 0 Å². The third-order valence-corrected chi connectivity index (χ3v) is 4.41. The van der Waals surface area contributed by atoms with Gasteiger partial charge in [0.15, 0.2) is 0 Å². The summed E-state index contributed by atoms with van der Waals surface area (Å²) < 4.78 is 24.4. The second-order valence-corrected chi connectivity index (χ2v) is 6.55. The van der Waals surface area contributed by atoms with E-state index in [4.69, 9.17) is 0 Å². The van der Waals surface area contributed by atoms with Gasteiger partial charge in [-0.1, -0.05) is 6.07 Å². The van der Waals surface area contributed by atoms with Gasteiger partial charge in [0.05, 0.1) is 6.26 Å². The number of hydrogen-bond donors (Lipinski definition) is 1. The third kappa shape index (κ3) is 3.51. The van der Waals surface area contributed by atoms with E-state index in [0.29, 0.717) is 19.5 Å². The summed E-state index contributed by atoms with van der Waals surface area (Å²) in [4.78, 5) is 16.0. The van der Waals surface area contributed by atoms with Gasteiger partial charge in [-0.05, 0) is 24.5 Å². The van der Waals surface area contributed by atoms with Crippen molar-refractivity contribution in [1.82, 2.24) is 14.6 Å². The maximum atomic E-state index is 12.0. The van der Waals surface area contributed by atoms with Gasteiger partial charge in [-0.3, -0.25) is 9.78 Å². The number of aromatic nitrogens is 1. The van der Waals surface area contributed by atoms with Gasteiger partial charge >= 0.3 is 0 Å². The molecule has 7 heteroatoms. The van der Waals surface area contributed by atoms with Crippen LogP contribution in [0.3, 0.4) is 0 Å². The molecule has 1 saturated heterocycles. The highest BCUT2D eigenvalue weighted by Crippen LogP contribution is 2.20. The Bertz CT molecular complexity index is 545. The van der Waals surface area contributed by atoms with Gasteiger partial charge in [-0.25, -0.2) is 8.42 Å². The van der Waals surface area contributed by atoms with Gasteiger partial charge in [0, 0.05) is 25.5 Å². The average molecular weight is 283 g/mol. The fourth-order valence-corrected chi connectivity index (χ4v) is 3.33. The Morgan fingerprint density at radius 2 is 2.37 bits per heavy atom. The lowest BCUT2D eigenvalue weighted by atomic mass is 10.2. The van der Waals surface area contributed by atoms with E-state index in [1.165, 1.54) is 4.31 Å². The summed E-state index contributed by atoms with van der Waals surface area (Å²) in [6.07, 6.45) is 5.76. The average Bonchev–Trinajstić information content (AvgIpc) is 2.86. The number of nitrogens with zero attached hydrogens (tertiary/aromatic N) is 2. The minimum absolute atomic E-state index is 0.244. The predicted molar refractivity (Wildman–Crippen MR) is 70.7 cm³/mol. The molecule has 1 aromatic heterocycles. The largest absolute Gasteiger partial charge is 0.351 e. The van der Waals surface area contributed by atoms with Crippen molar-refractivity contribution in [3.05, 3.63) is 30.1 Å². The van der Waals surface area contributed by atoms with E-state index in [1.807, 2.05) is 6.07 Å². The Kier molecular flexibility index (Phi) is 4.16. The molecule has 1 aliphatic rings. The lowest BCUT2D eigenvalue weighted by molar-refractivity contribution is -0.124. The van der Waals surface area contributed by atoms with E-state index in [-0.39, 0.29) is 5.91 Å². The van der Waals surface area contributed by atoms with Crippen LogP contribution >= 0.6 is 0 Å². The molecule has 1 aliphatic heterocycles. The topological polar surface area (TPSA) is 79.4 Å². The molecule has 1 fully saturated rings. The van der Waals surface area contributed by atoms with E-state index in [1.54, 1.807) is 18.5 Å². The Hall–Kier alpha value is -1.47. The van der Waals surface area contributed by atoms with Gasteiger partial charge in [0.25, 0.3) is 0 Å². The molecular formula is C12H17N3O3S. The summed E-state index contributed by atoms with van der Waals surface area (Å²) in [6, 6.07) is 3.07. The lowest BCUT2D eigenvalue weighted by Gasteiger charge is -2.21. The zero-order valence-electron chi connectivity index (χ0n) is 10.7. The fourth-order valence-electron chi connectivity index (χ4n) is 2.21. The monoisotopic (exact) mass is 283 g/mol. The van der Waals surface area contributed by atoms with Crippen molar-refractivity contribution in [1.29, 1.82) is 0 Å². The first kappa shape index (κ1) is 14.0. The molecule has 0 radical (unpaired) electrons. The van der Waals surface area contributed by atoms with Gasteiger partial charge in [0.1, 0.15) is 6.04 Å². The quantitative estimate of drug-likeness (QED) is 0.851. The van der Waals surface area contributed by atoms with E-state index in [2.05, 4.69) is 10.3 Å². The van der Waals surface area contributed by atoms with Crippen molar-refractivity contribution in [2.45, 2.75) is 25.4 Å². The van der Waals surface area contributed by atoms with Crippen LogP contribution in [0.4, 0.5) is 0 Å².